The summed E-state index contributed by atoms with van der Waals surface area (Å²) in [6.45, 7) is 14.6. The highest BCUT2D eigenvalue weighted by molar-refractivity contribution is 5.93. The molecule has 0 fully saturated rings. The molecular formula is C24H36N6O2. The topological polar surface area (TPSA) is 77.3 Å². The molecular weight excluding hydrogens is 404 g/mol. The molecule has 0 saturated carbocycles. The summed E-state index contributed by atoms with van der Waals surface area (Å²) in [7, 11) is 5.21. The summed E-state index contributed by atoms with van der Waals surface area (Å²) < 4.78 is 12.9. The lowest BCUT2D eigenvalue weighted by Crippen LogP contribution is -2.40. The molecule has 2 aromatic heterocycles. The Kier molecular flexibility index (Phi) is 7.23. The van der Waals surface area contributed by atoms with Gasteiger partial charge in [-0.05, 0) is 47.6 Å². The lowest BCUT2D eigenvalue weighted by Gasteiger charge is -2.30. The van der Waals surface area contributed by atoms with Gasteiger partial charge in [-0.25, -0.2) is 9.97 Å². The quantitative estimate of drug-likeness (QED) is 0.534. The van der Waals surface area contributed by atoms with E-state index >= 15 is 0 Å². The molecule has 0 aliphatic heterocycles. The van der Waals surface area contributed by atoms with Gasteiger partial charge in [0.25, 0.3) is 0 Å². The highest BCUT2D eigenvalue weighted by Gasteiger charge is 2.19. The number of aryl methyl sites for hydroxylation is 2. The SMILES string of the molecule is COc1cc2nc(-c3c(C)nn(C)c3C)nc(NCCN(C(C)C)C(C)C)c2cc1OC. The first-order chi connectivity index (χ1) is 15.2. The van der Waals surface area contributed by atoms with Crippen molar-refractivity contribution in [3.8, 4) is 22.9 Å². The van der Waals surface area contributed by atoms with Gasteiger partial charge in [0.2, 0.25) is 0 Å². The van der Waals surface area contributed by atoms with Crippen LogP contribution in [0.15, 0.2) is 12.1 Å². The zero-order valence-corrected chi connectivity index (χ0v) is 20.8. The lowest BCUT2D eigenvalue weighted by molar-refractivity contribution is 0.182. The van der Waals surface area contributed by atoms with Crippen molar-refractivity contribution in [3.05, 3.63) is 23.5 Å². The first-order valence-electron chi connectivity index (χ1n) is 11.1. The largest absolute Gasteiger partial charge is 0.493 e. The fraction of sp³-hybridized carbons (Fsp3) is 0.542. The second-order valence-corrected chi connectivity index (χ2v) is 8.64. The Morgan fingerprint density at radius 2 is 1.62 bits per heavy atom. The van der Waals surface area contributed by atoms with Crippen LogP contribution in [-0.2, 0) is 7.05 Å². The minimum atomic E-state index is 0.472. The standard InChI is InChI=1S/C24H36N6O2/c1-14(2)30(15(3)4)11-10-25-23-18-12-20(31-8)21(32-9)13-19(18)26-24(27-23)22-16(5)28-29(7)17(22)6/h12-15H,10-11H2,1-9H3,(H,25,26,27). The Balaban J connectivity index is 2.09. The summed E-state index contributed by atoms with van der Waals surface area (Å²) in [5, 5.41) is 9.00. The molecule has 0 spiro atoms. The van der Waals surface area contributed by atoms with Crippen LogP contribution in [0.2, 0.25) is 0 Å². The Labute approximate surface area is 190 Å². The molecule has 2 heterocycles. The van der Waals surface area contributed by atoms with Gasteiger partial charge < -0.3 is 14.8 Å². The summed E-state index contributed by atoms with van der Waals surface area (Å²) in [5.74, 6) is 2.72. The van der Waals surface area contributed by atoms with Crippen molar-refractivity contribution < 1.29 is 9.47 Å². The van der Waals surface area contributed by atoms with Crippen LogP contribution in [0, 0.1) is 13.8 Å². The highest BCUT2D eigenvalue weighted by atomic mass is 16.5. The maximum Gasteiger partial charge on any atom is 0.165 e. The predicted octanol–water partition coefficient (Wildman–Crippen LogP) is 4.20. The van der Waals surface area contributed by atoms with Gasteiger partial charge in [-0.1, -0.05) is 0 Å². The van der Waals surface area contributed by atoms with Gasteiger partial charge in [0.1, 0.15) is 5.82 Å². The van der Waals surface area contributed by atoms with E-state index in [2.05, 4.69) is 43.0 Å². The molecule has 0 radical (unpaired) electrons. The van der Waals surface area contributed by atoms with Gasteiger partial charge in [0.15, 0.2) is 17.3 Å². The van der Waals surface area contributed by atoms with E-state index in [9.17, 15) is 0 Å². The highest BCUT2D eigenvalue weighted by Crippen LogP contribution is 2.36. The monoisotopic (exact) mass is 440 g/mol. The molecule has 0 aliphatic carbocycles. The van der Waals surface area contributed by atoms with Gasteiger partial charge >= 0.3 is 0 Å². The van der Waals surface area contributed by atoms with E-state index in [-0.39, 0.29) is 0 Å². The number of hydrogen-bond acceptors (Lipinski definition) is 7. The molecule has 1 aromatic carbocycles. The molecule has 0 aliphatic rings. The maximum absolute atomic E-state index is 5.53. The lowest BCUT2D eigenvalue weighted by atomic mass is 10.1. The number of anilines is 1. The van der Waals surface area contributed by atoms with Crippen molar-refractivity contribution in [1.29, 1.82) is 0 Å². The molecule has 0 bridgehead atoms. The van der Waals surface area contributed by atoms with E-state index < -0.39 is 0 Å². The van der Waals surface area contributed by atoms with Crippen LogP contribution < -0.4 is 14.8 Å². The van der Waals surface area contributed by atoms with E-state index in [0.29, 0.717) is 29.4 Å². The first-order valence-corrected chi connectivity index (χ1v) is 11.1. The predicted molar refractivity (Wildman–Crippen MR) is 130 cm³/mol. The molecule has 8 heteroatoms. The minimum absolute atomic E-state index is 0.472. The molecule has 0 amide bonds. The average Bonchev–Trinajstić information content (AvgIpc) is 3.00. The first kappa shape index (κ1) is 23.8. The van der Waals surface area contributed by atoms with Crippen LogP contribution in [0.4, 0.5) is 5.82 Å². The molecule has 8 nitrogen and oxygen atoms in total. The summed E-state index contributed by atoms with van der Waals surface area (Å²) in [6.07, 6.45) is 0. The summed E-state index contributed by atoms with van der Waals surface area (Å²) in [6, 6.07) is 4.78. The van der Waals surface area contributed by atoms with E-state index in [1.54, 1.807) is 14.2 Å². The van der Waals surface area contributed by atoms with E-state index in [0.717, 1.165) is 46.8 Å². The number of hydrogen-bond donors (Lipinski definition) is 1. The molecule has 0 saturated heterocycles. The maximum atomic E-state index is 5.53. The second-order valence-electron chi connectivity index (χ2n) is 8.64. The number of nitrogens with zero attached hydrogens (tertiary/aromatic N) is 5. The average molecular weight is 441 g/mol. The number of aromatic nitrogens is 4. The fourth-order valence-corrected chi connectivity index (χ4v) is 4.22. The third-order valence-corrected chi connectivity index (χ3v) is 5.92. The molecule has 3 rings (SSSR count). The van der Waals surface area contributed by atoms with Crippen molar-refractivity contribution in [2.45, 2.75) is 53.6 Å². The van der Waals surface area contributed by atoms with Crippen LogP contribution in [-0.4, -0.2) is 64.0 Å². The van der Waals surface area contributed by atoms with Crippen LogP contribution in [0.25, 0.3) is 22.3 Å². The molecule has 0 unspecified atom stereocenters. The Bertz CT molecular complexity index is 1080. The molecule has 0 atom stereocenters. The van der Waals surface area contributed by atoms with Crippen LogP contribution in [0.3, 0.4) is 0 Å². The Morgan fingerprint density at radius 1 is 1.00 bits per heavy atom. The fourth-order valence-electron chi connectivity index (χ4n) is 4.22. The van der Waals surface area contributed by atoms with Crippen LogP contribution >= 0.6 is 0 Å². The van der Waals surface area contributed by atoms with Gasteiger partial charge in [-0.2, -0.15) is 5.10 Å². The number of nitrogens with one attached hydrogen (secondary N) is 1. The van der Waals surface area contributed by atoms with Crippen molar-refractivity contribution in [3.63, 3.8) is 0 Å². The third kappa shape index (κ3) is 4.65. The molecule has 174 valence electrons. The smallest absolute Gasteiger partial charge is 0.165 e. The minimum Gasteiger partial charge on any atom is -0.493 e. The number of fused-ring (bicyclic) bond motifs is 1. The molecule has 32 heavy (non-hydrogen) atoms. The van der Waals surface area contributed by atoms with Crippen LogP contribution in [0.1, 0.15) is 39.1 Å². The molecule has 1 N–H and O–H groups in total. The Hall–Kier alpha value is -2.87. The van der Waals surface area contributed by atoms with E-state index in [4.69, 9.17) is 19.4 Å². The number of rotatable bonds is 9. The normalized spacial score (nSPS) is 11.8. The molecule has 3 aromatic rings. The van der Waals surface area contributed by atoms with Gasteiger partial charge in [-0.3, -0.25) is 9.58 Å². The van der Waals surface area contributed by atoms with Crippen molar-refractivity contribution in [2.75, 3.05) is 32.6 Å². The second kappa shape index (κ2) is 9.73. The van der Waals surface area contributed by atoms with Crippen molar-refractivity contribution in [1.82, 2.24) is 24.6 Å². The Morgan fingerprint density at radius 3 is 2.16 bits per heavy atom. The number of ether oxygens (including phenoxy) is 2. The summed E-state index contributed by atoms with van der Waals surface area (Å²) in [5.41, 5.74) is 3.68. The van der Waals surface area contributed by atoms with Crippen molar-refractivity contribution in [2.24, 2.45) is 7.05 Å². The zero-order chi connectivity index (χ0) is 23.6. The zero-order valence-electron chi connectivity index (χ0n) is 20.8. The number of methoxy groups -OCH3 is 2. The van der Waals surface area contributed by atoms with E-state index in [1.165, 1.54) is 0 Å². The van der Waals surface area contributed by atoms with E-state index in [1.807, 2.05) is 37.7 Å². The summed E-state index contributed by atoms with van der Waals surface area (Å²) in [4.78, 5) is 12.3. The number of benzene rings is 1. The van der Waals surface area contributed by atoms with Gasteiger partial charge in [0.05, 0.1) is 31.0 Å². The van der Waals surface area contributed by atoms with Gasteiger partial charge in [0, 0.05) is 49.4 Å². The van der Waals surface area contributed by atoms with Crippen molar-refractivity contribution >= 4 is 16.7 Å². The van der Waals surface area contributed by atoms with Gasteiger partial charge in [-0.15, -0.1) is 0 Å². The van der Waals surface area contributed by atoms with Crippen LogP contribution in [0.5, 0.6) is 11.5 Å². The third-order valence-electron chi connectivity index (χ3n) is 5.92. The summed E-state index contributed by atoms with van der Waals surface area (Å²) >= 11 is 0.